The number of hydrogen-bond donors (Lipinski definition) is 3. The molecular weight excluding hydrogens is 236 g/mol. The molecule has 3 N–H and O–H groups in total. The molecule has 0 aliphatic carbocycles. The summed E-state index contributed by atoms with van der Waals surface area (Å²) in [5.74, 6) is -1.20. The number of aromatic carboxylic acids is 1. The zero-order valence-corrected chi connectivity index (χ0v) is 8.68. The van der Waals surface area contributed by atoms with Gasteiger partial charge in [0.2, 0.25) is 0 Å². The highest BCUT2D eigenvalue weighted by atomic mass is 19.3. The van der Waals surface area contributed by atoms with E-state index in [0.717, 1.165) is 12.5 Å². The minimum absolute atomic E-state index is 0.0338. The van der Waals surface area contributed by atoms with Gasteiger partial charge < -0.3 is 15.5 Å². The maximum Gasteiger partial charge on any atom is 0.339 e. The van der Waals surface area contributed by atoms with Gasteiger partial charge in [-0.2, -0.15) is 0 Å². The van der Waals surface area contributed by atoms with Crippen LogP contribution in [0.5, 0.6) is 0 Å². The summed E-state index contributed by atoms with van der Waals surface area (Å²) in [5.41, 5.74) is 0.0699. The lowest BCUT2D eigenvalue weighted by atomic mass is 10.2. The summed E-state index contributed by atoms with van der Waals surface area (Å²) in [4.78, 5) is 18.0. The quantitative estimate of drug-likeness (QED) is 0.649. The van der Waals surface area contributed by atoms with Crippen LogP contribution in [0.2, 0.25) is 0 Å². The monoisotopic (exact) mass is 247 g/mol. The number of aliphatic hydroxyl groups is 1. The highest BCUT2D eigenvalue weighted by molar-refractivity contribution is 5.88. The number of nitrogens with one attached hydrogen (secondary N) is 1. The first kappa shape index (κ1) is 13.4. The van der Waals surface area contributed by atoms with Gasteiger partial charge in [-0.15, -0.1) is 0 Å². The summed E-state index contributed by atoms with van der Waals surface area (Å²) < 4.78 is 23.9. The van der Waals surface area contributed by atoms with E-state index in [9.17, 15) is 13.6 Å². The predicted octanol–water partition coefficient (Wildman–Crippen LogP) is -0.110. The molecule has 8 heteroatoms. The van der Waals surface area contributed by atoms with Gasteiger partial charge >= 0.3 is 5.97 Å². The van der Waals surface area contributed by atoms with E-state index in [4.69, 9.17) is 10.2 Å². The van der Waals surface area contributed by atoms with Crippen LogP contribution in [0.1, 0.15) is 16.1 Å². The van der Waals surface area contributed by atoms with E-state index >= 15 is 0 Å². The van der Waals surface area contributed by atoms with Crippen LogP contribution in [-0.2, 0) is 6.54 Å². The van der Waals surface area contributed by atoms with Crippen LogP contribution >= 0.6 is 0 Å². The molecule has 1 unspecified atom stereocenters. The summed E-state index contributed by atoms with van der Waals surface area (Å²) in [7, 11) is 0. The van der Waals surface area contributed by atoms with Crippen molar-refractivity contribution >= 4 is 5.97 Å². The maximum absolute atomic E-state index is 12.0. The van der Waals surface area contributed by atoms with Crippen LogP contribution < -0.4 is 5.32 Å². The Morgan fingerprint density at radius 3 is 2.82 bits per heavy atom. The number of aliphatic hydroxyl groups excluding tert-OH is 1. The van der Waals surface area contributed by atoms with Crippen LogP contribution in [0.25, 0.3) is 0 Å². The zero-order valence-electron chi connectivity index (χ0n) is 8.68. The molecular formula is C9H11F2N3O3. The summed E-state index contributed by atoms with van der Waals surface area (Å²) in [6, 6.07) is 0. The number of carboxylic acid groups (broad SMARTS) is 1. The van der Waals surface area contributed by atoms with Gasteiger partial charge in [0.05, 0.1) is 5.69 Å². The van der Waals surface area contributed by atoms with Crippen molar-refractivity contribution in [1.29, 1.82) is 0 Å². The Bertz CT molecular complexity index is 390. The molecule has 94 valence electrons. The molecule has 1 atom stereocenters. The smallest absolute Gasteiger partial charge is 0.339 e. The fourth-order valence-corrected chi connectivity index (χ4v) is 1.10. The summed E-state index contributed by atoms with van der Waals surface area (Å²) >= 11 is 0. The highest BCUT2D eigenvalue weighted by Gasteiger charge is 2.17. The van der Waals surface area contributed by atoms with Gasteiger partial charge in [0.15, 0.2) is 0 Å². The Balaban J connectivity index is 2.55. The van der Waals surface area contributed by atoms with Gasteiger partial charge in [-0.3, -0.25) is 0 Å². The van der Waals surface area contributed by atoms with Crippen LogP contribution in [0.4, 0.5) is 8.78 Å². The van der Waals surface area contributed by atoms with Crippen molar-refractivity contribution in [2.45, 2.75) is 19.1 Å². The van der Waals surface area contributed by atoms with E-state index in [1.807, 2.05) is 0 Å². The molecule has 0 saturated heterocycles. The van der Waals surface area contributed by atoms with Crippen molar-refractivity contribution in [3.8, 4) is 0 Å². The Kier molecular flexibility index (Phi) is 4.85. The van der Waals surface area contributed by atoms with Crippen molar-refractivity contribution in [2.24, 2.45) is 0 Å². The minimum atomic E-state index is -2.84. The number of hydrogen-bond acceptors (Lipinski definition) is 5. The molecule has 0 spiro atoms. The van der Waals surface area contributed by atoms with Gasteiger partial charge in [-0.25, -0.2) is 23.5 Å². The average Bonchev–Trinajstić information content (AvgIpc) is 2.29. The molecule has 0 fully saturated rings. The largest absolute Gasteiger partial charge is 0.478 e. The molecule has 1 aromatic heterocycles. The van der Waals surface area contributed by atoms with E-state index < -0.39 is 18.5 Å². The number of rotatable bonds is 6. The Morgan fingerprint density at radius 1 is 1.53 bits per heavy atom. The number of carboxylic acids is 1. The molecule has 0 amide bonds. The van der Waals surface area contributed by atoms with Crippen LogP contribution in [0.3, 0.4) is 0 Å². The first-order valence-corrected chi connectivity index (χ1v) is 4.71. The molecule has 0 radical (unpaired) electrons. The van der Waals surface area contributed by atoms with Crippen molar-refractivity contribution < 1.29 is 23.8 Å². The first-order chi connectivity index (χ1) is 8.02. The lowest BCUT2D eigenvalue weighted by Crippen LogP contribution is -2.32. The molecule has 0 aliphatic heterocycles. The molecule has 0 aliphatic rings. The molecule has 1 aromatic rings. The third-order valence-corrected chi connectivity index (χ3v) is 1.96. The molecule has 0 saturated carbocycles. The van der Waals surface area contributed by atoms with E-state index in [1.54, 1.807) is 0 Å². The van der Waals surface area contributed by atoms with Crippen molar-refractivity contribution in [2.75, 3.05) is 6.54 Å². The van der Waals surface area contributed by atoms with Gasteiger partial charge in [0, 0.05) is 19.3 Å². The van der Waals surface area contributed by atoms with E-state index in [1.165, 1.54) is 0 Å². The predicted molar refractivity (Wildman–Crippen MR) is 52.7 cm³/mol. The summed E-state index contributed by atoms with van der Waals surface area (Å²) in [5, 5.41) is 20.1. The lowest BCUT2D eigenvalue weighted by molar-refractivity contribution is -0.00346. The van der Waals surface area contributed by atoms with Crippen molar-refractivity contribution in [3.05, 3.63) is 23.8 Å². The molecule has 0 aromatic carbocycles. The lowest BCUT2D eigenvalue weighted by Gasteiger charge is -2.10. The Hall–Kier alpha value is -1.67. The number of alkyl halides is 2. The summed E-state index contributed by atoms with van der Waals surface area (Å²) in [6.07, 6.45) is -2.35. The standard InChI is InChI=1S/C9H11F2N3O3/c10-8(11)7(15)3-12-2-6-5(9(16)17)1-13-4-14-6/h1,4,7-8,12,15H,2-3H2,(H,16,17). The molecule has 6 nitrogen and oxygen atoms in total. The molecule has 0 bridgehead atoms. The van der Waals surface area contributed by atoms with Gasteiger partial charge in [0.1, 0.15) is 18.0 Å². The second kappa shape index (κ2) is 6.16. The second-order valence-electron chi connectivity index (χ2n) is 3.22. The number of nitrogens with zero attached hydrogens (tertiary/aromatic N) is 2. The second-order valence-corrected chi connectivity index (χ2v) is 3.22. The third-order valence-electron chi connectivity index (χ3n) is 1.96. The molecule has 17 heavy (non-hydrogen) atoms. The zero-order chi connectivity index (χ0) is 12.8. The third kappa shape index (κ3) is 4.00. The minimum Gasteiger partial charge on any atom is -0.478 e. The number of carbonyl (C=O) groups is 1. The maximum atomic E-state index is 12.0. The first-order valence-electron chi connectivity index (χ1n) is 4.71. The Labute approximate surface area is 95.3 Å². The average molecular weight is 247 g/mol. The van der Waals surface area contributed by atoms with E-state index in [2.05, 4.69) is 15.3 Å². The molecule has 1 rings (SSSR count). The van der Waals surface area contributed by atoms with Crippen LogP contribution in [0.15, 0.2) is 12.5 Å². The fraction of sp³-hybridized carbons (Fsp3) is 0.444. The van der Waals surface area contributed by atoms with Gasteiger partial charge in [-0.1, -0.05) is 0 Å². The van der Waals surface area contributed by atoms with Crippen LogP contribution in [-0.4, -0.2) is 45.2 Å². The highest BCUT2D eigenvalue weighted by Crippen LogP contribution is 2.04. The van der Waals surface area contributed by atoms with E-state index in [0.29, 0.717) is 0 Å². The summed E-state index contributed by atoms with van der Waals surface area (Å²) in [6.45, 7) is -0.380. The van der Waals surface area contributed by atoms with Crippen LogP contribution in [0, 0.1) is 0 Å². The van der Waals surface area contributed by atoms with Crippen molar-refractivity contribution in [3.63, 3.8) is 0 Å². The van der Waals surface area contributed by atoms with Gasteiger partial charge in [0.25, 0.3) is 6.43 Å². The SMILES string of the molecule is O=C(O)c1cncnc1CNCC(O)C(F)F. The topological polar surface area (TPSA) is 95.3 Å². The van der Waals surface area contributed by atoms with Gasteiger partial charge in [-0.05, 0) is 0 Å². The van der Waals surface area contributed by atoms with E-state index in [-0.39, 0.29) is 24.3 Å². The molecule has 1 heterocycles. The number of halogens is 2. The van der Waals surface area contributed by atoms with Crippen molar-refractivity contribution in [1.82, 2.24) is 15.3 Å². The number of aromatic nitrogens is 2. The fourth-order valence-electron chi connectivity index (χ4n) is 1.10. The normalized spacial score (nSPS) is 12.7. The Morgan fingerprint density at radius 2 is 2.24 bits per heavy atom.